The minimum atomic E-state index is -4.09. The number of halogens is 1. The first-order valence-electron chi connectivity index (χ1n) is 16.0. The predicted molar refractivity (Wildman–Crippen MR) is 168 cm³/mol. The fourth-order valence-corrected chi connectivity index (χ4v) is 10.3. The molecule has 3 N–H and O–H groups in total. The number of quaternary nitrogens is 2. The first-order valence-corrected chi connectivity index (χ1v) is 17.4. The number of nitrogens with zero attached hydrogens (tertiary/aromatic N) is 5. The van der Waals surface area contributed by atoms with Gasteiger partial charge in [-0.3, -0.25) is 13.9 Å². The van der Waals surface area contributed by atoms with Crippen molar-refractivity contribution in [2.45, 2.75) is 32.4 Å². The molecule has 6 aliphatic heterocycles. The van der Waals surface area contributed by atoms with E-state index in [-0.39, 0.29) is 36.1 Å². The van der Waals surface area contributed by atoms with Crippen LogP contribution in [0.2, 0.25) is 0 Å². The summed E-state index contributed by atoms with van der Waals surface area (Å²) in [6.07, 6.45) is -0.226. The number of piperazine rings is 3. The van der Waals surface area contributed by atoms with Crippen LogP contribution in [-0.4, -0.2) is 123 Å². The Hall–Kier alpha value is -3.43. The van der Waals surface area contributed by atoms with E-state index < -0.39 is 46.1 Å². The number of aliphatic hydroxyl groups is 1. The van der Waals surface area contributed by atoms with E-state index in [1.54, 1.807) is 13.0 Å². The highest BCUT2D eigenvalue weighted by Gasteiger charge is 2.59. The molecule has 0 spiro atoms. The van der Waals surface area contributed by atoms with Gasteiger partial charge in [-0.05, 0) is 29.5 Å². The molecule has 2 amide bonds. The van der Waals surface area contributed by atoms with Crippen LogP contribution < -0.4 is 31.9 Å². The van der Waals surface area contributed by atoms with Gasteiger partial charge in [0.25, 0.3) is 5.91 Å². The van der Waals surface area contributed by atoms with E-state index in [0.717, 1.165) is 82.4 Å². The third kappa shape index (κ3) is 4.90. The highest BCUT2D eigenvalue weighted by Crippen LogP contribution is 2.50. The Morgan fingerprint density at radius 3 is 2.32 bits per heavy atom. The van der Waals surface area contributed by atoms with E-state index in [4.69, 9.17) is 5.73 Å². The van der Waals surface area contributed by atoms with Gasteiger partial charge in [-0.25, -0.2) is 4.31 Å². The van der Waals surface area contributed by atoms with E-state index in [1.807, 2.05) is 24.3 Å². The Balaban J connectivity index is 0.00000386. The second kappa shape index (κ2) is 11.3. The Kier molecular flexibility index (Phi) is 8.07. The lowest BCUT2D eigenvalue weighted by Gasteiger charge is -2.55. The number of primary amides is 1. The van der Waals surface area contributed by atoms with Crippen molar-refractivity contribution in [3.8, 4) is 0 Å². The maximum atomic E-state index is 14.0. The monoisotopic (exact) mass is 688 g/mol. The number of amides is 2. The van der Waals surface area contributed by atoms with Gasteiger partial charge in [-0.15, -0.1) is 0 Å². The SMILES string of the molecule is C[C@@H](O)[C@H]1C(=O)N2C(C(=O)[O-])=C(CN3c4ccc5cccc(CC[N+]67CC[N+](CC(N)=O)(CC6)CC7)c5c4N(C)S3(=O)=O)[C@H](C)[C@H]12.[Cl-]. The van der Waals surface area contributed by atoms with Crippen LogP contribution in [-0.2, 0) is 31.0 Å². The zero-order valence-corrected chi connectivity index (χ0v) is 28.3. The average Bonchev–Trinajstić information content (AvgIpc) is 3.36. The van der Waals surface area contributed by atoms with E-state index in [9.17, 15) is 33.0 Å². The van der Waals surface area contributed by atoms with Crippen molar-refractivity contribution in [3.63, 3.8) is 0 Å². The molecule has 8 rings (SSSR count). The maximum Gasteiger partial charge on any atom is 0.326 e. The molecule has 4 atom stereocenters. The lowest BCUT2D eigenvalue weighted by Crippen LogP contribution is -3.00. The lowest BCUT2D eigenvalue weighted by atomic mass is 9.78. The zero-order valence-electron chi connectivity index (χ0n) is 26.8. The van der Waals surface area contributed by atoms with Crippen LogP contribution in [0.25, 0.3) is 10.8 Å². The van der Waals surface area contributed by atoms with Crippen LogP contribution in [0.3, 0.4) is 0 Å². The molecule has 47 heavy (non-hydrogen) atoms. The van der Waals surface area contributed by atoms with E-state index in [1.165, 1.54) is 22.6 Å². The molecule has 4 saturated heterocycles. The molecule has 0 aliphatic carbocycles. The molecular formula is C32H41ClN6O7S. The molecule has 13 nitrogen and oxygen atoms in total. The molecule has 254 valence electrons. The summed E-state index contributed by atoms with van der Waals surface area (Å²) in [5, 5.41) is 24.3. The van der Waals surface area contributed by atoms with E-state index in [0.29, 0.717) is 17.9 Å². The summed E-state index contributed by atoms with van der Waals surface area (Å²) < 4.78 is 32.3. The molecule has 2 bridgehead atoms. The van der Waals surface area contributed by atoms with Gasteiger partial charge in [-0.2, -0.15) is 8.42 Å². The van der Waals surface area contributed by atoms with Crippen molar-refractivity contribution >= 4 is 50.1 Å². The van der Waals surface area contributed by atoms with Crippen LogP contribution in [0.5, 0.6) is 0 Å². The summed E-state index contributed by atoms with van der Waals surface area (Å²) in [6.45, 7) is 10.00. The number of benzene rings is 2. The number of hydrogen-bond acceptors (Lipinski definition) is 7. The van der Waals surface area contributed by atoms with E-state index in [2.05, 4.69) is 0 Å². The van der Waals surface area contributed by atoms with Gasteiger partial charge in [0.05, 0.1) is 54.2 Å². The van der Waals surface area contributed by atoms with Gasteiger partial charge in [0.15, 0.2) is 6.54 Å². The summed E-state index contributed by atoms with van der Waals surface area (Å²) >= 11 is 0. The highest BCUT2D eigenvalue weighted by molar-refractivity contribution is 7.94. The first kappa shape index (κ1) is 33.5. The van der Waals surface area contributed by atoms with Crippen LogP contribution in [0.4, 0.5) is 11.4 Å². The van der Waals surface area contributed by atoms with E-state index >= 15 is 0 Å². The highest BCUT2D eigenvalue weighted by atomic mass is 35.5. The van der Waals surface area contributed by atoms with Crippen molar-refractivity contribution in [1.29, 1.82) is 0 Å². The number of rotatable bonds is 9. The molecule has 0 unspecified atom stereocenters. The minimum Gasteiger partial charge on any atom is -1.00 e. The van der Waals surface area contributed by atoms with Gasteiger partial charge < -0.3 is 47.0 Å². The Morgan fingerprint density at radius 1 is 1.09 bits per heavy atom. The maximum absolute atomic E-state index is 14.0. The van der Waals surface area contributed by atoms with Crippen molar-refractivity contribution in [2.75, 3.05) is 74.6 Å². The van der Waals surface area contributed by atoms with Crippen LogP contribution in [0, 0.1) is 11.8 Å². The van der Waals surface area contributed by atoms with Gasteiger partial charge in [-0.1, -0.05) is 31.2 Å². The third-order valence-corrected chi connectivity index (χ3v) is 13.4. The number of β-lactam (4-membered cyclic amide) rings is 1. The summed E-state index contributed by atoms with van der Waals surface area (Å²) in [6, 6.07) is 9.09. The first-order chi connectivity index (χ1) is 21.7. The molecule has 6 aliphatic rings. The normalized spacial score (nSPS) is 31.0. The molecule has 2 aromatic rings. The van der Waals surface area contributed by atoms with Gasteiger partial charge in [0.1, 0.15) is 39.3 Å². The molecule has 0 aromatic heterocycles. The number of nitrogens with two attached hydrogens (primary N) is 1. The fourth-order valence-electron chi connectivity index (χ4n) is 8.91. The molecule has 15 heteroatoms. The lowest BCUT2D eigenvalue weighted by molar-refractivity contribution is -1.08. The third-order valence-electron chi connectivity index (χ3n) is 11.6. The van der Waals surface area contributed by atoms with Crippen molar-refractivity contribution in [1.82, 2.24) is 4.90 Å². The minimum absolute atomic E-state index is 0. The average molecular weight is 689 g/mol. The summed E-state index contributed by atoms with van der Waals surface area (Å²) in [5.41, 5.74) is 7.57. The van der Waals surface area contributed by atoms with Crippen molar-refractivity contribution < 1.29 is 54.4 Å². The molecule has 6 heterocycles. The van der Waals surface area contributed by atoms with Crippen molar-refractivity contribution in [2.24, 2.45) is 17.6 Å². The van der Waals surface area contributed by atoms with Crippen LogP contribution in [0.1, 0.15) is 19.4 Å². The van der Waals surface area contributed by atoms with Gasteiger partial charge >= 0.3 is 10.2 Å². The number of carbonyl (C=O) groups excluding carboxylic acids is 3. The van der Waals surface area contributed by atoms with Gasteiger partial charge in [0, 0.05) is 24.8 Å². The Bertz CT molecular complexity index is 1810. The molecule has 4 fully saturated rings. The Labute approximate surface area is 280 Å². The zero-order chi connectivity index (χ0) is 32.9. The van der Waals surface area contributed by atoms with Crippen LogP contribution >= 0.6 is 0 Å². The number of hydrogen-bond donors (Lipinski definition) is 2. The number of carbonyl (C=O) groups is 3. The number of carboxylic acids is 1. The number of aliphatic carboxylic acids is 1. The van der Waals surface area contributed by atoms with Crippen LogP contribution in [0.15, 0.2) is 41.6 Å². The summed E-state index contributed by atoms with van der Waals surface area (Å²) in [5.74, 6) is -3.54. The number of anilines is 2. The number of fused-ring (bicyclic) bond motifs is 7. The molecular weight excluding hydrogens is 648 g/mol. The smallest absolute Gasteiger partial charge is 0.326 e. The second-order valence-corrected chi connectivity index (χ2v) is 15.9. The second-order valence-electron chi connectivity index (χ2n) is 14.0. The quantitative estimate of drug-likeness (QED) is 0.200. The fraction of sp³-hybridized carbons (Fsp3) is 0.531. The molecule has 0 saturated carbocycles. The molecule has 2 aromatic carbocycles. The number of carboxylic acid groups (broad SMARTS) is 1. The van der Waals surface area contributed by atoms with Crippen molar-refractivity contribution in [3.05, 3.63) is 47.2 Å². The molecule has 0 radical (unpaired) electrons. The Morgan fingerprint density at radius 2 is 1.72 bits per heavy atom. The van der Waals surface area contributed by atoms with Gasteiger partial charge in [0.2, 0.25) is 5.91 Å². The largest absolute Gasteiger partial charge is 1.00 e. The summed E-state index contributed by atoms with van der Waals surface area (Å²) in [7, 11) is -2.57. The summed E-state index contributed by atoms with van der Waals surface area (Å²) in [4.78, 5) is 38.0. The number of aliphatic hydroxyl groups excluding tert-OH is 1. The standard InChI is InChI=1S/C32H40N6O7S.ClH/c1-19-23(29(32(42)43)36-28(19)26(20(2)39)31(36)41)17-35-24-8-7-21-5-4-6-22(27(21)30(24)34(3)46(35,44)45)9-10-37-11-14-38(15-12-37,16-13-37)18-25(33)40;/h4-8,19-20,26,28,39H,9-18H2,1-3H3,(H-2,33,40,42,43);1H/t19-,20+,26+,28+,37?,38?;/m0./s1. The predicted octanol–water partition coefficient (Wildman–Crippen LogP) is -4.11. The topological polar surface area (TPSA) is 164 Å².